The molecule has 0 aliphatic carbocycles. The molecule has 1 aromatic carbocycles. The van der Waals surface area contributed by atoms with E-state index in [1.165, 1.54) is 0 Å². The first kappa shape index (κ1) is 19.9. The minimum absolute atomic E-state index is 0.104. The lowest BCUT2D eigenvalue weighted by atomic mass is 9.92. The molecule has 0 radical (unpaired) electrons. The van der Waals surface area contributed by atoms with Gasteiger partial charge < -0.3 is 15.5 Å². The zero-order valence-electron chi connectivity index (χ0n) is 14.2. The highest BCUT2D eigenvalue weighted by Gasteiger charge is 2.28. The summed E-state index contributed by atoms with van der Waals surface area (Å²) in [6, 6.07) is 6.86. The summed E-state index contributed by atoms with van der Waals surface area (Å²) in [4.78, 5) is 14.2. The SMILES string of the molecule is CC(NC(=O)C(C)N(C)CC(C)(CO)CO)c1ccc(Cl)cc1. The summed E-state index contributed by atoms with van der Waals surface area (Å²) in [6.07, 6.45) is 0. The fourth-order valence-corrected chi connectivity index (χ4v) is 2.38. The molecule has 0 heterocycles. The summed E-state index contributed by atoms with van der Waals surface area (Å²) in [5, 5.41) is 22.4. The first-order valence-electron chi connectivity index (χ1n) is 7.70. The fraction of sp³-hybridized carbons (Fsp3) is 0.588. The maximum Gasteiger partial charge on any atom is 0.237 e. The van der Waals surface area contributed by atoms with Crippen molar-refractivity contribution < 1.29 is 15.0 Å². The van der Waals surface area contributed by atoms with Crippen LogP contribution in [0.25, 0.3) is 0 Å². The molecule has 1 aromatic rings. The number of nitrogens with zero attached hydrogens (tertiary/aromatic N) is 1. The first-order valence-corrected chi connectivity index (χ1v) is 8.08. The molecule has 0 aliphatic heterocycles. The third kappa shape index (κ3) is 5.77. The van der Waals surface area contributed by atoms with E-state index in [2.05, 4.69) is 5.32 Å². The van der Waals surface area contributed by atoms with Gasteiger partial charge in [-0.3, -0.25) is 9.69 Å². The van der Waals surface area contributed by atoms with Crippen molar-refractivity contribution in [1.29, 1.82) is 0 Å². The van der Waals surface area contributed by atoms with E-state index in [9.17, 15) is 15.0 Å². The Bertz CT molecular complexity index is 503. The van der Waals surface area contributed by atoms with E-state index in [1.54, 1.807) is 33.0 Å². The van der Waals surface area contributed by atoms with E-state index in [4.69, 9.17) is 11.6 Å². The lowest BCUT2D eigenvalue weighted by Crippen LogP contribution is -2.49. The largest absolute Gasteiger partial charge is 0.396 e. The second-order valence-corrected chi connectivity index (χ2v) is 6.94. The van der Waals surface area contributed by atoms with Crippen molar-refractivity contribution in [3.8, 4) is 0 Å². The smallest absolute Gasteiger partial charge is 0.237 e. The number of hydrogen-bond acceptors (Lipinski definition) is 4. The molecule has 2 unspecified atom stereocenters. The normalized spacial score (nSPS) is 14.6. The molecule has 5 nitrogen and oxygen atoms in total. The monoisotopic (exact) mass is 342 g/mol. The van der Waals surface area contributed by atoms with E-state index >= 15 is 0 Å². The number of rotatable bonds is 8. The molecule has 1 amide bonds. The van der Waals surface area contributed by atoms with Crippen LogP contribution in [0.15, 0.2) is 24.3 Å². The van der Waals surface area contributed by atoms with Gasteiger partial charge in [-0.2, -0.15) is 0 Å². The van der Waals surface area contributed by atoms with E-state index in [0.29, 0.717) is 11.6 Å². The number of carbonyl (C=O) groups is 1. The molecule has 3 N–H and O–H groups in total. The highest BCUT2D eigenvalue weighted by Crippen LogP contribution is 2.18. The molecular weight excluding hydrogens is 316 g/mol. The number of likely N-dealkylation sites (N-methyl/N-ethyl adjacent to an activating group) is 1. The minimum atomic E-state index is -0.634. The maximum atomic E-state index is 12.4. The number of hydrogen-bond donors (Lipinski definition) is 3. The summed E-state index contributed by atoms with van der Waals surface area (Å²) < 4.78 is 0. The molecule has 130 valence electrons. The Labute approximate surface area is 143 Å². The Hall–Kier alpha value is -1.14. The Morgan fingerprint density at radius 1 is 1.26 bits per heavy atom. The van der Waals surface area contributed by atoms with Crippen LogP contribution >= 0.6 is 11.6 Å². The highest BCUT2D eigenvalue weighted by atomic mass is 35.5. The van der Waals surface area contributed by atoms with Crippen LogP contribution in [0.5, 0.6) is 0 Å². The zero-order chi connectivity index (χ0) is 17.6. The molecule has 0 spiro atoms. The molecule has 0 fully saturated rings. The molecule has 2 atom stereocenters. The first-order chi connectivity index (χ1) is 10.7. The third-order valence-electron chi connectivity index (χ3n) is 4.16. The van der Waals surface area contributed by atoms with E-state index in [1.807, 2.05) is 24.0 Å². The van der Waals surface area contributed by atoms with Crippen LogP contribution in [0.1, 0.15) is 32.4 Å². The van der Waals surface area contributed by atoms with Crippen LogP contribution in [0.4, 0.5) is 0 Å². The standard InChI is InChI=1S/C17H27ClN2O3/c1-12(14-5-7-15(18)8-6-14)19-16(23)13(2)20(4)9-17(3,10-21)11-22/h5-8,12-13,21-22H,9-11H2,1-4H3,(H,19,23). The summed E-state index contributed by atoms with van der Waals surface area (Å²) >= 11 is 5.87. The van der Waals surface area contributed by atoms with Crippen LogP contribution in [-0.4, -0.2) is 53.9 Å². The maximum absolute atomic E-state index is 12.4. The van der Waals surface area contributed by atoms with Gasteiger partial charge in [0.05, 0.1) is 25.3 Å². The Morgan fingerprint density at radius 3 is 2.26 bits per heavy atom. The van der Waals surface area contributed by atoms with Gasteiger partial charge in [0, 0.05) is 17.0 Å². The van der Waals surface area contributed by atoms with Gasteiger partial charge in [-0.05, 0) is 38.6 Å². The summed E-state index contributed by atoms with van der Waals surface area (Å²) in [6.45, 7) is 5.65. The molecule has 0 saturated carbocycles. The number of nitrogens with one attached hydrogen (secondary N) is 1. The van der Waals surface area contributed by atoms with Gasteiger partial charge in [-0.1, -0.05) is 30.7 Å². The Balaban J connectivity index is 2.63. The third-order valence-corrected chi connectivity index (χ3v) is 4.42. The van der Waals surface area contributed by atoms with Crippen LogP contribution in [-0.2, 0) is 4.79 Å². The van der Waals surface area contributed by atoms with E-state index in [-0.39, 0.29) is 31.2 Å². The predicted molar refractivity (Wildman–Crippen MR) is 92.4 cm³/mol. The molecule has 23 heavy (non-hydrogen) atoms. The number of aliphatic hydroxyl groups excluding tert-OH is 2. The molecule has 0 bridgehead atoms. The van der Waals surface area contributed by atoms with Crippen LogP contribution in [0.3, 0.4) is 0 Å². The van der Waals surface area contributed by atoms with Gasteiger partial charge in [0.15, 0.2) is 0 Å². The molecule has 0 aromatic heterocycles. The molecule has 6 heteroatoms. The number of halogens is 1. The van der Waals surface area contributed by atoms with Gasteiger partial charge in [0.1, 0.15) is 0 Å². The average molecular weight is 343 g/mol. The van der Waals surface area contributed by atoms with Gasteiger partial charge in [0.2, 0.25) is 5.91 Å². The zero-order valence-corrected chi connectivity index (χ0v) is 15.0. The topological polar surface area (TPSA) is 72.8 Å². The van der Waals surface area contributed by atoms with Gasteiger partial charge in [-0.25, -0.2) is 0 Å². The van der Waals surface area contributed by atoms with Crippen molar-refractivity contribution >= 4 is 17.5 Å². The molecule has 1 rings (SSSR count). The lowest BCUT2D eigenvalue weighted by Gasteiger charge is -2.33. The van der Waals surface area contributed by atoms with Crippen molar-refractivity contribution in [2.45, 2.75) is 32.9 Å². The van der Waals surface area contributed by atoms with Gasteiger partial charge >= 0.3 is 0 Å². The number of aliphatic hydroxyl groups is 2. The molecular formula is C17H27ClN2O3. The average Bonchev–Trinajstić information content (AvgIpc) is 2.54. The Morgan fingerprint density at radius 2 is 1.78 bits per heavy atom. The van der Waals surface area contributed by atoms with Crippen molar-refractivity contribution in [2.24, 2.45) is 5.41 Å². The second kappa shape index (κ2) is 8.64. The predicted octanol–water partition coefficient (Wildman–Crippen LogP) is 1.83. The number of carbonyl (C=O) groups excluding carboxylic acids is 1. The summed E-state index contributed by atoms with van der Waals surface area (Å²) in [5.41, 5.74) is 0.346. The van der Waals surface area contributed by atoms with Gasteiger partial charge in [-0.15, -0.1) is 0 Å². The molecule has 0 aliphatic rings. The van der Waals surface area contributed by atoms with Crippen molar-refractivity contribution in [3.63, 3.8) is 0 Å². The van der Waals surface area contributed by atoms with Crippen LogP contribution in [0, 0.1) is 5.41 Å². The van der Waals surface area contributed by atoms with Crippen molar-refractivity contribution in [3.05, 3.63) is 34.9 Å². The summed E-state index contributed by atoms with van der Waals surface area (Å²) in [7, 11) is 1.81. The second-order valence-electron chi connectivity index (χ2n) is 6.50. The molecule has 0 saturated heterocycles. The number of amides is 1. The number of benzene rings is 1. The van der Waals surface area contributed by atoms with Crippen molar-refractivity contribution in [2.75, 3.05) is 26.8 Å². The minimum Gasteiger partial charge on any atom is -0.396 e. The van der Waals surface area contributed by atoms with Crippen molar-refractivity contribution in [1.82, 2.24) is 10.2 Å². The fourth-order valence-electron chi connectivity index (χ4n) is 2.26. The quantitative estimate of drug-likeness (QED) is 0.674. The Kier molecular flexibility index (Phi) is 7.48. The van der Waals surface area contributed by atoms with Gasteiger partial charge in [0.25, 0.3) is 0 Å². The van der Waals surface area contributed by atoms with E-state index in [0.717, 1.165) is 5.56 Å². The summed E-state index contributed by atoms with van der Waals surface area (Å²) in [5.74, 6) is -0.104. The lowest BCUT2D eigenvalue weighted by molar-refractivity contribution is -0.126. The van der Waals surface area contributed by atoms with E-state index < -0.39 is 5.41 Å². The van der Waals surface area contributed by atoms with Crippen LogP contribution in [0.2, 0.25) is 5.02 Å². The highest BCUT2D eigenvalue weighted by molar-refractivity contribution is 6.30. The van der Waals surface area contributed by atoms with Crippen LogP contribution < -0.4 is 5.32 Å².